The van der Waals surface area contributed by atoms with Crippen LogP contribution in [0, 0.1) is 0 Å². The maximum atomic E-state index is 12.1. The highest BCUT2D eigenvalue weighted by Gasteiger charge is 2.19. The number of hydrogen-bond acceptors (Lipinski definition) is 4. The molecule has 4 nitrogen and oxygen atoms in total. The SMILES string of the molecule is CC(C)Oc1cncc(C(=O)CC2CCCN2)c1. The predicted octanol–water partition coefficient (Wildman–Crippen LogP) is 2.19. The molecule has 0 spiro atoms. The van der Waals surface area contributed by atoms with E-state index in [1.807, 2.05) is 13.8 Å². The highest BCUT2D eigenvalue weighted by molar-refractivity contribution is 5.96. The van der Waals surface area contributed by atoms with Gasteiger partial charge in [0.05, 0.1) is 12.3 Å². The fourth-order valence-electron chi connectivity index (χ4n) is 2.18. The molecule has 0 saturated carbocycles. The van der Waals surface area contributed by atoms with Gasteiger partial charge in [0.2, 0.25) is 0 Å². The average molecular weight is 248 g/mol. The normalized spacial score (nSPS) is 19.2. The number of hydrogen-bond donors (Lipinski definition) is 1. The number of rotatable bonds is 5. The van der Waals surface area contributed by atoms with Crippen LogP contribution in [0.1, 0.15) is 43.5 Å². The lowest BCUT2D eigenvalue weighted by Gasteiger charge is -2.11. The first kappa shape index (κ1) is 13.0. The molecule has 1 N–H and O–H groups in total. The van der Waals surface area contributed by atoms with E-state index in [-0.39, 0.29) is 11.9 Å². The summed E-state index contributed by atoms with van der Waals surface area (Å²) in [4.78, 5) is 16.2. The Kier molecular flexibility index (Phi) is 4.31. The van der Waals surface area contributed by atoms with Crippen molar-refractivity contribution in [2.24, 2.45) is 0 Å². The zero-order valence-electron chi connectivity index (χ0n) is 11.0. The fraction of sp³-hybridized carbons (Fsp3) is 0.571. The molecular weight excluding hydrogens is 228 g/mol. The Morgan fingerprint density at radius 1 is 1.56 bits per heavy atom. The standard InChI is InChI=1S/C14H20N2O2/c1-10(2)18-13-6-11(8-15-9-13)14(17)7-12-4-3-5-16-12/h6,8-10,12,16H,3-5,7H2,1-2H3. The zero-order valence-corrected chi connectivity index (χ0v) is 11.0. The molecule has 2 rings (SSSR count). The first-order valence-corrected chi connectivity index (χ1v) is 6.53. The van der Waals surface area contributed by atoms with Gasteiger partial charge in [0.1, 0.15) is 5.75 Å². The smallest absolute Gasteiger partial charge is 0.166 e. The Balaban J connectivity index is 2.00. The molecule has 2 heterocycles. The van der Waals surface area contributed by atoms with Crippen LogP contribution in [0.3, 0.4) is 0 Å². The topological polar surface area (TPSA) is 51.2 Å². The van der Waals surface area contributed by atoms with Crippen LogP contribution >= 0.6 is 0 Å². The molecule has 1 saturated heterocycles. The highest BCUT2D eigenvalue weighted by Crippen LogP contribution is 2.17. The summed E-state index contributed by atoms with van der Waals surface area (Å²) in [5, 5.41) is 3.33. The summed E-state index contributed by atoms with van der Waals surface area (Å²) in [6.07, 6.45) is 6.14. The van der Waals surface area contributed by atoms with Crippen LogP contribution in [-0.2, 0) is 0 Å². The lowest BCUT2D eigenvalue weighted by atomic mass is 10.0. The van der Waals surface area contributed by atoms with Gasteiger partial charge in [0, 0.05) is 24.2 Å². The summed E-state index contributed by atoms with van der Waals surface area (Å²) in [5.41, 5.74) is 0.641. The molecule has 1 aliphatic rings. The maximum absolute atomic E-state index is 12.1. The molecule has 0 amide bonds. The van der Waals surface area contributed by atoms with Gasteiger partial charge in [-0.05, 0) is 39.3 Å². The lowest BCUT2D eigenvalue weighted by molar-refractivity contribution is 0.0970. The van der Waals surface area contributed by atoms with E-state index in [2.05, 4.69) is 10.3 Å². The molecule has 1 unspecified atom stereocenters. The average Bonchev–Trinajstić information content (AvgIpc) is 2.81. The number of Topliss-reactive ketones (excluding diaryl/α,β-unsaturated/α-hetero) is 1. The number of ketones is 1. The highest BCUT2D eigenvalue weighted by atomic mass is 16.5. The predicted molar refractivity (Wildman–Crippen MR) is 70.0 cm³/mol. The summed E-state index contributed by atoms with van der Waals surface area (Å²) in [6, 6.07) is 2.11. The van der Waals surface area contributed by atoms with Gasteiger partial charge in [-0.3, -0.25) is 9.78 Å². The minimum absolute atomic E-state index is 0.0913. The van der Waals surface area contributed by atoms with Crippen molar-refractivity contribution in [1.29, 1.82) is 0 Å². The Bertz CT molecular complexity index is 412. The third-order valence-corrected chi connectivity index (χ3v) is 3.00. The van der Waals surface area contributed by atoms with Gasteiger partial charge >= 0.3 is 0 Å². The zero-order chi connectivity index (χ0) is 13.0. The van der Waals surface area contributed by atoms with Gasteiger partial charge in [0.15, 0.2) is 5.78 Å². The molecule has 1 fully saturated rings. The number of pyridine rings is 1. The van der Waals surface area contributed by atoms with Crippen molar-refractivity contribution < 1.29 is 9.53 Å². The van der Waals surface area contributed by atoms with Crippen LogP contribution in [0.15, 0.2) is 18.5 Å². The summed E-state index contributed by atoms with van der Waals surface area (Å²) in [7, 11) is 0. The Morgan fingerprint density at radius 3 is 3.06 bits per heavy atom. The first-order chi connectivity index (χ1) is 8.65. The number of aromatic nitrogens is 1. The second kappa shape index (κ2) is 5.96. The molecule has 1 aromatic rings. The number of carbonyl (C=O) groups excluding carboxylic acids is 1. The van der Waals surface area contributed by atoms with E-state index in [4.69, 9.17) is 4.74 Å². The van der Waals surface area contributed by atoms with Gasteiger partial charge < -0.3 is 10.1 Å². The van der Waals surface area contributed by atoms with E-state index in [9.17, 15) is 4.79 Å². The number of carbonyl (C=O) groups is 1. The van der Waals surface area contributed by atoms with E-state index in [0.29, 0.717) is 23.8 Å². The number of nitrogens with zero attached hydrogens (tertiary/aromatic N) is 1. The van der Waals surface area contributed by atoms with Gasteiger partial charge in [-0.25, -0.2) is 0 Å². The quantitative estimate of drug-likeness (QED) is 0.812. The van der Waals surface area contributed by atoms with Crippen molar-refractivity contribution in [1.82, 2.24) is 10.3 Å². The van der Waals surface area contributed by atoms with Crippen molar-refractivity contribution in [2.75, 3.05) is 6.54 Å². The number of nitrogens with one attached hydrogen (secondary N) is 1. The van der Waals surface area contributed by atoms with Crippen molar-refractivity contribution in [2.45, 2.75) is 45.3 Å². The van der Waals surface area contributed by atoms with E-state index in [0.717, 1.165) is 19.4 Å². The molecule has 1 aliphatic heterocycles. The molecule has 1 atom stereocenters. The Labute approximate surface area is 108 Å². The summed E-state index contributed by atoms with van der Waals surface area (Å²) in [5.74, 6) is 0.798. The van der Waals surface area contributed by atoms with Crippen molar-refractivity contribution >= 4 is 5.78 Å². The minimum Gasteiger partial charge on any atom is -0.489 e. The summed E-state index contributed by atoms with van der Waals surface area (Å²) >= 11 is 0. The van der Waals surface area contributed by atoms with Crippen LogP contribution in [0.4, 0.5) is 0 Å². The van der Waals surface area contributed by atoms with E-state index in [1.165, 1.54) is 0 Å². The lowest BCUT2D eigenvalue weighted by Crippen LogP contribution is -2.24. The monoisotopic (exact) mass is 248 g/mol. The largest absolute Gasteiger partial charge is 0.489 e. The van der Waals surface area contributed by atoms with Crippen molar-refractivity contribution in [3.63, 3.8) is 0 Å². The van der Waals surface area contributed by atoms with Crippen LogP contribution in [0.5, 0.6) is 5.75 Å². The third kappa shape index (κ3) is 3.53. The minimum atomic E-state index is 0.0913. The molecular formula is C14H20N2O2. The molecule has 0 aliphatic carbocycles. The van der Waals surface area contributed by atoms with Crippen LogP contribution in [0.2, 0.25) is 0 Å². The Morgan fingerprint density at radius 2 is 2.39 bits per heavy atom. The van der Waals surface area contributed by atoms with E-state index >= 15 is 0 Å². The van der Waals surface area contributed by atoms with Gasteiger partial charge in [0.25, 0.3) is 0 Å². The molecule has 0 radical (unpaired) electrons. The fourth-order valence-corrected chi connectivity index (χ4v) is 2.18. The first-order valence-electron chi connectivity index (χ1n) is 6.53. The number of ether oxygens (including phenoxy) is 1. The summed E-state index contributed by atoms with van der Waals surface area (Å²) in [6.45, 7) is 4.93. The van der Waals surface area contributed by atoms with Crippen molar-refractivity contribution in [3.8, 4) is 5.75 Å². The molecule has 0 bridgehead atoms. The molecule has 4 heteroatoms. The van der Waals surface area contributed by atoms with Crippen LogP contribution in [0.25, 0.3) is 0 Å². The second-order valence-corrected chi connectivity index (χ2v) is 5.00. The van der Waals surface area contributed by atoms with Crippen molar-refractivity contribution in [3.05, 3.63) is 24.0 Å². The third-order valence-electron chi connectivity index (χ3n) is 3.00. The van der Waals surface area contributed by atoms with Gasteiger partial charge in [-0.2, -0.15) is 0 Å². The Hall–Kier alpha value is -1.42. The van der Waals surface area contributed by atoms with Crippen LogP contribution < -0.4 is 10.1 Å². The van der Waals surface area contributed by atoms with E-state index in [1.54, 1.807) is 18.5 Å². The second-order valence-electron chi connectivity index (χ2n) is 5.00. The van der Waals surface area contributed by atoms with Gasteiger partial charge in [-0.1, -0.05) is 0 Å². The maximum Gasteiger partial charge on any atom is 0.166 e. The molecule has 1 aromatic heterocycles. The molecule has 0 aromatic carbocycles. The van der Waals surface area contributed by atoms with Gasteiger partial charge in [-0.15, -0.1) is 0 Å². The molecule has 18 heavy (non-hydrogen) atoms. The molecule has 98 valence electrons. The van der Waals surface area contributed by atoms with E-state index < -0.39 is 0 Å². The summed E-state index contributed by atoms with van der Waals surface area (Å²) < 4.78 is 5.54. The van der Waals surface area contributed by atoms with Crippen LogP contribution in [-0.4, -0.2) is 29.5 Å².